The number of carbonyl (C=O) groups is 1. The molecule has 3 heterocycles. The van der Waals surface area contributed by atoms with Gasteiger partial charge in [-0.3, -0.25) is 14.5 Å². The summed E-state index contributed by atoms with van der Waals surface area (Å²) >= 11 is 6.16. The first-order chi connectivity index (χ1) is 15.6. The molecule has 6 nitrogen and oxygen atoms in total. The first kappa shape index (κ1) is 20.0. The van der Waals surface area contributed by atoms with E-state index in [1.165, 1.54) is 0 Å². The summed E-state index contributed by atoms with van der Waals surface area (Å²) < 4.78 is 3.85. The second kappa shape index (κ2) is 8.32. The second-order valence-corrected chi connectivity index (χ2v) is 8.00. The number of nitrogens with one attached hydrogen (secondary N) is 1. The minimum absolute atomic E-state index is 0.112. The number of halogens is 1. The largest absolute Gasteiger partial charge is 0.326 e. The van der Waals surface area contributed by atoms with Crippen molar-refractivity contribution in [1.82, 2.24) is 19.2 Å². The molecule has 0 saturated carbocycles. The molecule has 2 aromatic carbocycles. The van der Waals surface area contributed by atoms with Crippen LogP contribution in [0.5, 0.6) is 0 Å². The Morgan fingerprint density at radius 3 is 2.59 bits per heavy atom. The average Bonchev–Trinajstić information content (AvgIpc) is 3.42. The van der Waals surface area contributed by atoms with E-state index in [1.54, 1.807) is 16.9 Å². The van der Waals surface area contributed by atoms with Crippen molar-refractivity contribution < 1.29 is 4.79 Å². The summed E-state index contributed by atoms with van der Waals surface area (Å²) in [5, 5.41) is 7.78. The summed E-state index contributed by atoms with van der Waals surface area (Å²) in [6.45, 7) is 0. The number of anilines is 1. The summed E-state index contributed by atoms with van der Waals surface area (Å²) in [6.07, 6.45) is 9.85. The van der Waals surface area contributed by atoms with Crippen LogP contribution >= 0.6 is 11.6 Å². The highest BCUT2D eigenvalue weighted by Gasteiger charge is 2.11. The number of hydrogen-bond donors (Lipinski definition) is 1. The lowest BCUT2D eigenvalue weighted by Crippen LogP contribution is -2.14. The van der Waals surface area contributed by atoms with Gasteiger partial charge >= 0.3 is 0 Å². The Morgan fingerprint density at radius 1 is 1.03 bits per heavy atom. The molecule has 0 saturated heterocycles. The highest BCUT2D eigenvalue weighted by atomic mass is 35.5. The molecule has 7 heteroatoms. The molecular weight excluding hydrogens is 422 g/mol. The Morgan fingerprint density at radius 2 is 1.84 bits per heavy atom. The summed E-state index contributed by atoms with van der Waals surface area (Å²) in [5.74, 6) is -0.112. The summed E-state index contributed by atoms with van der Waals surface area (Å²) in [6, 6.07) is 17.2. The standard InChI is InChI=1S/C25H20ClN5O/c1-30-15-20(14-28-30)19-12-23-25(27-10-11-31(23)16-19)17-6-8-21(9-7-17)29-24(32)13-18-4-2-3-5-22(18)26/h2-12,14-16H,13H2,1H3,(H,29,32). The number of aryl methyl sites for hydroxylation is 1. The number of carbonyl (C=O) groups excluding carboxylic acids is 1. The minimum Gasteiger partial charge on any atom is -0.326 e. The van der Waals surface area contributed by atoms with Crippen LogP contribution in [0.15, 0.2) is 85.6 Å². The van der Waals surface area contributed by atoms with Gasteiger partial charge in [-0.2, -0.15) is 5.10 Å². The van der Waals surface area contributed by atoms with Crippen LogP contribution in [0.3, 0.4) is 0 Å². The lowest BCUT2D eigenvalue weighted by Gasteiger charge is -2.08. The van der Waals surface area contributed by atoms with Crippen molar-refractivity contribution in [2.24, 2.45) is 7.05 Å². The molecular formula is C25H20ClN5O. The number of rotatable bonds is 5. The van der Waals surface area contributed by atoms with Crippen molar-refractivity contribution in [3.63, 3.8) is 0 Å². The van der Waals surface area contributed by atoms with Crippen LogP contribution in [0.1, 0.15) is 5.56 Å². The van der Waals surface area contributed by atoms with Gasteiger partial charge in [0.2, 0.25) is 5.91 Å². The van der Waals surface area contributed by atoms with Gasteiger partial charge < -0.3 is 9.72 Å². The van der Waals surface area contributed by atoms with E-state index in [0.717, 1.165) is 39.2 Å². The minimum atomic E-state index is -0.112. The summed E-state index contributed by atoms with van der Waals surface area (Å²) in [4.78, 5) is 17.0. The van der Waals surface area contributed by atoms with Gasteiger partial charge in [0.25, 0.3) is 0 Å². The third kappa shape index (κ3) is 4.00. The van der Waals surface area contributed by atoms with E-state index < -0.39 is 0 Å². The monoisotopic (exact) mass is 441 g/mol. The van der Waals surface area contributed by atoms with Gasteiger partial charge in [0, 0.05) is 59.2 Å². The fourth-order valence-corrected chi connectivity index (χ4v) is 3.92. The maximum Gasteiger partial charge on any atom is 0.228 e. The van der Waals surface area contributed by atoms with Crippen LogP contribution in [0, 0.1) is 0 Å². The number of benzene rings is 2. The topological polar surface area (TPSA) is 64.2 Å². The summed E-state index contributed by atoms with van der Waals surface area (Å²) in [7, 11) is 1.90. The molecule has 0 atom stereocenters. The molecule has 0 unspecified atom stereocenters. The maximum absolute atomic E-state index is 12.4. The van der Waals surface area contributed by atoms with Gasteiger partial charge in [-0.05, 0) is 29.8 Å². The average molecular weight is 442 g/mol. The van der Waals surface area contributed by atoms with Crippen LogP contribution < -0.4 is 5.32 Å². The van der Waals surface area contributed by atoms with E-state index in [0.29, 0.717) is 5.02 Å². The Hall–Kier alpha value is -3.90. The van der Waals surface area contributed by atoms with Gasteiger partial charge in [0.1, 0.15) is 0 Å². The van der Waals surface area contributed by atoms with Gasteiger partial charge in [0.05, 0.1) is 23.8 Å². The molecule has 158 valence electrons. The highest BCUT2D eigenvalue weighted by molar-refractivity contribution is 6.31. The van der Waals surface area contributed by atoms with E-state index in [2.05, 4.69) is 32.1 Å². The van der Waals surface area contributed by atoms with Crippen molar-refractivity contribution in [2.75, 3.05) is 5.32 Å². The highest BCUT2D eigenvalue weighted by Crippen LogP contribution is 2.29. The number of amides is 1. The molecule has 32 heavy (non-hydrogen) atoms. The van der Waals surface area contributed by atoms with Gasteiger partial charge in [-0.15, -0.1) is 0 Å². The van der Waals surface area contributed by atoms with Crippen molar-refractivity contribution in [1.29, 1.82) is 0 Å². The molecule has 1 amide bonds. The molecule has 0 aliphatic rings. The second-order valence-electron chi connectivity index (χ2n) is 7.59. The molecule has 0 fully saturated rings. The summed E-state index contributed by atoms with van der Waals surface area (Å²) in [5.41, 5.74) is 6.50. The van der Waals surface area contributed by atoms with Crippen LogP contribution in [-0.2, 0) is 18.3 Å². The van der Waals surface area contributed by atoms with Crippen LogP contribution in [0.25, 0.3) is 27.9 Å². The van der Waals surface area contributed by atoms with E-state index >= 15 is 0 Å². The lowest BCUT2D eigenvalue weighted by molar-refractivity contribution is -0.115. The van der Waals surface area contributed by atoms with Gasteiger partial charge in [-0.1, -0.05) is 41.9 Å². The first-order valence-electron chi connectivity index (χ1n) is 10.2. The van der Waals surface area contributed by atoms with Crippen molar-refractivity contribution in [2.45, 2.75) is 6.42 Å². The molecule has 5 aromatic rings. The van der Waals surface area contributed by atoms with Gasteiger partial charge in [-0.25, -0.2) is 0 Å². The van der Waals surface area contributed by atoms with Crippen LogP contribution in [0.4, 0.5) is 5.69 Å². The van der Waals surface area contributed by atoms with E-state index in [1.807, 2.05) is 68.1 Å². The Kier molecular flexibility index (Phi) is 5.21. The lowest BCUT2D eigenvalue weighted by atomic mass is 10.1. The Bertz CT molecular complexity index is 1420. The maximum atomic E-state index is 12.4. The molecule has 0 aliphatic heterocycles. The number of nitrogens with zero attached hydrogens (tertiary/aromatic N) is 4. The number of fused-ring (bicyclic) bond motifs is 1. The number of hydrogen-bond acceptors (Lipinski definition) is 3. The normalized spacial score (nSPS) is 11.1. The smallest absolute Gasteiger partial charge is 0.228 e. The van der Waals surface area contributed by atoms with E-state index in [-0.39, 0.29) is 12.3 Å². The molecule has 3 aromatic heterocycles. The predicted octanol–water partition coefficient (Wildman–Crippen LogP) is 5.24. The fraction of sp³-hybridized carbons (Fsp3) is 0.0800. The third-order valence-electron chi connectivity index (χ3n) is 5.31. The molecule has 0 spiro atoms. The molecule has 0 aliphatic carbocycles. The zero-order valence-corrected chi connectivity index (χ0v) is 18.1. The number of aromatic nitrogens is 4. The van der Waals surface area contributed by atoms with E-state index in [9.17, 15) is 4.79 Å². The van der Waals surface area contributed by atoms with E-state index in [4.69, 9.17) is 11.6 Å². The van der Waals surface area contributed by atoms with Gasteiger partial charge in [0.15, 0.2) is 0 Å². The Balaban J connectivity index is 1.37. The molecule has 0 bridgehead atoms. The zero-order valence-electron chi connectivity index (χ0n) is 17.4. The molecule has 5 rings (SSSR count). The van der Waals surface area contributed by atoms with Crippen LogP contribution in [0.2, 0.25) is 5.02 Å². The molecule has 1 N–H and O–H groups in total. The van der Waals surface area contributed by atoms with Crippen molar-refractivity contribution in [3.8, 4) is 22.4 Å². The Labute approximate surface area is 190 Å². The van der Waals surface area contributed by atoms with Crippen molar-refractivity contribution in [3.05, 3.63) is 96.2 Å². The SMILES string of the molecule is Cn1cc(-c2cc3c(-c4ccc(NC(=O)Cc5ccccc5Cl)cc4)nccn3c2)cn1. The third-order valence-corrected chi connectivity index (χ3v) is 5.68. The first-order valence-corrected chi connectivity index (χ1v) is 10.5. The quantitative estimate of drug-likeness (QED) is 0.406. The predicted molar refractivity (Wildman–Crippen MR) is 127 cm³/mol. The van der Waals surface area contributed by atoms with Crippen molar-refractivity contribution >= 4 is 28.7 Å². The molecule has 0 radical (unpaired) electrons. The fourth-order valence-electron chi connectivity index (χ4n) is 3.72. The zero-order chi connectivity index (χ0) is 22.1. The van der Waals surface area contributed by atoms with Crippen LogP contribution in [-0.4, -0.2) is 25.1 Å².